The van der Waals surface area contributed by atoms with Crippen LogP contribution in [0, 0.1) is 17.8 Å². The van der Waals surface area contributed by atoms with E-state index >= 15 is 0 Å². The highest BCUT2D eigenvalue weighted by atomic mass is 16.7. The average molecular weight is 167 g/mol. The molecule has 1 saturated heterocycles. The van der Waals surface area contributed by atoms with Gasteiger partial charge >= 0.3 is 0 Å². The maximum absolute atomic E-state index is 5.60. The Morgan fingerprint density at radius 1 is 1.08 bits per heavy atom. The van der Waals surface area contributed by atoms with Gasteiger partial charge in [0.25, 0.3) is 0 Å². The number of hydrogen-bond acceptors (Lipinski definition) is 2. The molecule has 4 unspecified atom stereocenters. The quantitative estimate of drug-likeness (QED) is 0.593. The van der Waals surface area contributed by atoms with Crippen molar-refractivity contribution in [3.8, 4) is 0 Å². The van der Waals surface area contributed by atoms with Gasteiger partial charge in [-0.1, -0.05) is 19.3 Å². The van der Waals surface area contributed by atoms with Crippen molar-refractivity contribution in [1.82, 2.24) is 5.48 Å². The summed E-state index contributed by atoms with van der Waals surface area (Å²) in [6.45, 7) is 1.11. The first-order valence-electron chi connectivity index (χ1n) is 5.33. The lowest BCUT2D eigenvalue weighted by molar-refractivity contribution is 0.00356. The van der Waals surface area contributed by atoms with Crippen LogP contribution in [0.25, 0.3) is 0 Å². The fraction of sp³-hybridized carbons (Fsp3) is 1.00. The Balaban J connectivity index is 1.74. The van der Waals surface area contributed by atoms with Gasteiger partial charge in [-0.15, -0.1) is 0 Å². The zero-order valence-corrected chi connectivity index (χ0v) is 7.46. The van der Waals surface area contributed by atoms with E-state index in [1.807, 2.05) is 0 Å². The van der Waals surface area contributed by atoms with Crippen LogP contribution in [-0.2, 0) is 4.84 Å². The highest BCUT2D eigenvalue weighted by Crippen LogP contribution is 2.50. The lowest BCUT2D eigenvalue weighted by Crippen LogP contribution is -2.22. The highest BCUT2D eigenvalue weighted by molar-refractivity contribution is 4.97. The second kappa shape index (κ2) is 2.71. The fourth-order valence-corrected chi connectivity index (χ4v) is 2.99. The lowest BCUT2D eigenvalue weighted by atomic mass is 9.89. The third-order valence-electron chi connectivity index (χ3n) is 3.83. The average Bonchev–Trinajstić information content (AvgIpc) is 2.64. The molecule has 68 valence electrons. The van der Waals surface area contributed by atoms with Gasteiger partial charge in [-0.3, -0.25) is 4.84 Å². The van der Waals surface area contributed by atoms with Crippen LogP contribution >= 0.6 is 0 Å². The summed E-state index contributed by atoms with van der Waals surface area (Å²) in [5.41, 5.74) is 3.08. The molecule has 0 spiro atoms. The van der Waals surface area contributed by atoms with Gasteiger partial charge < -0.3 is 0 Å². The second-order valence-corrected chi connectivity index (χ2v) is 4.64. The normalized spacial score (nSPS) is 52.0. The smallest absolute Gasteiger partial charge is 0.0862 e. The van der Waals surface area contributed by atoms with Crippen molar-refractivity contribution >= 4 is 0 Å². The molecule has 1 N–H and O–H groups in total. The van der Waals surface area contributed by atoms with E-state index in [2.05, 4.69) is 5.48 Å². The summed E-state index contributed by atoms with van der Waals surface area (Å²) in [4.78, 5) is 5.60. The number of rotatable bonds is 0. The van der Waals surface area contributed by atoms with Crippen LogP contribution in [-0.4, -0.2) is 12.6 Å². The Morgan fingerprint density at radius 2 is 1.92 bits per heavy atom. The van der Waals surface area contributed by atoms with Crippen molar-refractivity contribution in [3.05, 3.63) is 0 Å². The second-order valence-electron chi connectivity index (χ2n) is 4.64. The van der Waals surface area contributed by atoms with Crippen LogP contribution in [0.1, 0.15) is 32.1 Å². The Labute approximate surface area is 73.6 Å². The Morgan fingerprint density at radius 3 is 2.83 bits per heavy atom. The molecular formula is C10H17NO. The van der Waals surface area contributed by atoms with Crippen molar-refractivity contribution in [2.75, 3.05) is 6.54 Å². The lowest BCUT2D eigenvalue weighted by Gasteiger charge is -2.19. The first-order valence-corrected chi connectivity index (χ1v) is 5.33. The van der Waals surface area contributed by atoms with E-state index in [9.17, 15) is 0 Å². The maximum Gasteiger partial charge on any atom is 0.0862 e. The van der Waals surface area contributed by atoms with Gasteiger partial charge in [0.1, 0.15) is 0 Å². The first-order chi connectivity index (χ1) is 5.95. The predicted octanol–water partition coefficient (Wildman–Crippen LogP) is 1.72. The van der Waals surface area contributed by atoms with E-state index in [1.54, 1.807) is 0 Å². The number of hydrogen-bond donors (Lipinski definition) is 1. The molecule has 3 aliphatic rings. The third kappa shape index (κ3) is 1.09. The number of nitrogens with one attached hydrogen (secondary N) is 1. The number of fused-ring (bicyclic) bond motifs is 3. The third-order valence-corrected chi connectivity index (χ3v) is 3.83. The van der Waals surface area contributed by atoms with Crippen LogP contribution < -0.4 is 5.48 Å². The van der Waals surface area contributed by atoms with E-state index < -0.39 is 0 Å². The van der Waals surface area contributed by atoms with Gasteiger partial charge in [-0.25, -0.2) is 5.48 Å². The molecule has 2 nitrogen and oxygen atoms in total. The highest BCUT2D eigenvalue weighted by Gasteiger charge is 2.48. The van der Waals surface area contributed by atoms with Gasteiger partial charge in [0, 0.05) is 12.5 Å². The zero-order valence-electron chi connectivity index (χ0n) is 7.46. The molecule has 0 aromatic heterocycles. The number of hydroxylamine groups is 1. The maximum atomic E-state index is 5.60. The molecule has 2 heteroatoms. The van der Waals surface area contributed by atoms with Crippen LogP contribution in [0.5, 0.6) is 0 Å². The molecule has 4 atom stereocenters. The van der Waals surface area contributed by atoms with Crippen LogP contribution in [0.15, 0.2) is 0 Å². The first kappa shape index (κ1) is 7.34. The van der Waals surface area contributed by atoms with Gasteiger partial charge in [0.15, 0.2) is 0 Å². The summed E-state index contributed by atoms with van der Waals surface area (Å²) in [6, 6.07) is 0. The van der Waals surface area contributed by atoms with Crippen molar-refractivity contribution in [1.29, 1.82) is 0 Å². The van der Waals surface area contributed by atoms with Gasteiger partial charge in [0.2, 0.25) is 0 Å². The fourth-order valence-electron chi connectivity index (χ4n) is 2.99. The van der Waals surface area contributed by atoms with Crippen LogP contribution in [0.2, 0.25) is 0 Å². The van der Waals surface area contributed by atoms with E-state index in [4.69, 9.17) is 4.84 Å². The molecule has 0 radical (unpaired) electrons. The monoisotopic (exact) mass is 167 g/mol. The van der Waals surface area contributed by atoms with E-state index in [0.717, 1.165) is 24.3 Å². The molecule has 0 amide bonds. The standard InChI is InChI=1S/C10H17NO/c1-2-4-8-6-11-12-10(8)9-5-7(9)3-1/h7-11H,1-6H2. The van der Waals surface area contributed by atoms with Gasteiger partial charge in [0.05, 0.1) is 6.10 Å². The minimum atomic E-state index is 0.579. The molecule has 12 heavy (non-hydrogen) atoms. The molecule has 1 heterocycles. The molecule has 2 saturated carbocycles. The summed E-state index contributed by atoms with van der Waals surface area (Å²) >= 11 is 0. The van der Waals surface area contributed by atoms with Gasteiger partial charge in [-0.2, -0.15) is 0 Å². The minimum absolute atomic E-state index is 0.579. The molecular weight excluding hydrogens is 150 g/mol. The Bertz CT molecular complexity index is 183. The van der Waals surface area contributed by atoms with Crippen molar-refractivity contribution in [3.63, 3.8) is 0 Å². The van der Waals surface area contributed by atoms with Crippen molar-refractivity contribution in [2.45, 2.75) is 38.2 Å². The predicted molar refractivity (Wildman–Crippen MR) is 46.4 cm³/mol. The van der Waals surface area contributed by atoms with E-state index in [-0.39, 0.29) is 0 Å². The molecule has 1 aliphatic heterocycles. The molecule has 3 rings (SSSR count). The van der Waals surface area contributed by atoms with Crippen molar-refractivity contribution in [2.24, 2.45) is 17.8 Å². The molecule has 0 aromatic carbocycles. The summed E-state index contributed by atoms with van der Waals surface area (Å²) in [6.07, 6.45) is 7.77. The topological polar surface area (TPSA) is 21.3 Å². The summed E-state index contributed by atoms with van der Waals surface area (Å²) < 4.78 is 0. The Hall–Kier alpha value is -0.0800. The summed E-state index contributed by atoms with van der Waals surface area (Å²) in [7, 11) is 0. The van der Waals surface area contributed by atoms with E-state index in [1.165, 1.54) is 32.1 Å². The van der Waals surface area contributed by atoms with Crippen LogP contribution in [0.4, 0.5) is 0 Å². The summed E-state index contributed by atoms with van der Waals surface area (Å²) in [5, 5.41) is 0. The van der Waals surface area contributed by atoms with Crippen LogP contribution in [0.3, 0.4) is 0 Å². The largest absolute Gasteiger partial charge is 0.298 e. The SMILES string of the molecule is C1CCC2CNOC2C2CC2C1. The minimum Gasteiger partial charge on any atom is -0.298 e. The molecule has 2 aliphatic carbocycles. The van der Waals surface area contributed by atoms with Crippen molar-refractivity contribution < 1.29 is 4.84 Å². The van der Waals surface area contributed by atoms with Gasteiger partial charge in [-0.05, 0) is 24.7 Å². The molecule has 0 bridgehead atoms. The molecule has 0 aromatic rings. The Kier molecular flexibility index (Phi) is 1.66. The van der Waals surface area contributed by atoms with E-state index in [0.29, 0.717) is 6.10 Å². The zero-order chi connectivity index (χ0) is 7.97. The molecule has 3 fully saturated rings. The summed E-state index contributed by atoms with van der Waals surface area (Å²) in [5.74, 6) is 2.78.